The summed E-state index contributed by atoms with van der Waals surface area (Å²) in [4.78, 5) is 0. The number of methoxy groups -OCH3 is 1. The minimum atomic E-state index is -0.485. The van der Waals surface area contributed by atoms with Crippen LogP contribution in [0, 0.1) is 0 Å². The van der Waals surface area contributed by atoms with E-state index in [1.54, 1.807) is 7.11 Å². The molecule has 0 radical (unpaired) electrons. The fourth-order valence-electron chi connectivity index (χ4n) is 2.32. The highest BCUT2D eigenvalue weighted by Crippen LogP contribution is 2.27. The number of aliphatic hydroxyl groups is 1. The van der Waals surface area contributed by atoms with Crippen LogP contribution >= 0.6 is 0 Å². The third kappa shape index (κ3) is 8.55. The highest BCUT2D eigenvalue weighted by atomic mass is 16.5. The molecule has 5 nitrogen and oxygen atoms in total. The zero-order chi connectivity index (χ0) is 13.8. The Morgan fingerprint density at radius 3 is 2.26 bits per heavy atom. The van der Waals surface area contributed by atoms with E-state index in [1.807, 2.05) is 0 Å². The van der Waals surface area contributed by atoms with Crippen LogP contribution in [0.3, 0.4) is 0 Å². The number of hydrogen-bond donors (Lipinski definition) is 2. The summed E-state index contributed by atoms with van der Waals surface area (Å²) in [6, 6.07) is 0. The zero-order valence-electron chi connectivity index (χ0n) is 12.2. The molecule has 0 amide bonds. The maximum absolute atomic E-state index is 10.3. The molecule has 5 heteroatoms. The Balaban J connectivity index is 1.83. The minimum absolute atomic E-state index is 0.485. The summed E-state index contributed by atoms with van der Waals surface area (Å²) in [5.41, 5.74) is -0.485. The fourth-order valence-corrected chi connectivity index (χ4v) is 2.32. The van der Waals surface area contributed by atoms with Crippen LogP contribution in [0.2, 0.25) is 0 Å². The second-order valence-electron chi connectivity index (χ2n) is 5.18. The van der Waals surface area contributed by atoms with Crippen molar-refractivity contribution in [2.24, 2.45) is 0 Å². The molecule has 1 rings (SSSR count). The Labute approximate surface area is 116 Å². The first kappa shape index (κ1) is 16.9. The molecule has 0 heterocycles. The van der Waals surface area contributed by atoms with Crippen molar-refractivity contribution in [3.63, 3.8) is 0 Å². The lowest BCUT2D eigenvalue weighted by Crippen LogP contribution is -2.43. The summed E-state index contributed by atoms with van der Waals surface area (Å²) in [6.45, 7) is 4.57. The maximum Gasteiger partial charge on any atom is 0.0771 e. The van der Waals surface area contributed by atoms with Crippen molar-refractivity contribution in [1.82, 2.24) is 5.32 Å². The highest BCUT2D eigenvalue weighted by molar-refractivity contribution is 4.84. The SMILES string of the molecule is COCCOCCOCCNCC1(O)CCCCC1. The molecule has 0 aromatic carbocycles. The van der Waals surface area contributed by atoms with Crippen LogP contribution in [-0.2, 0) is 14.2 Å². The van der Waals surface area contributed by atoms with Crippen LogP contribution in [0.4, 0.5) is 0 Å². The molecular formula is C14H29NO4. The van der Waals surface area contributed by atoms with Gasteiger partial charge in [0, 0.05) is 20.2 Å². The van der Waals surface area contributed by atoms with Gasteiger partial charge in [-0.3, -0.25) is 0 Å². The Hall–Kier alpha value is -0.200. The van der Waals surface area contributed by atoms with E-state index in [0.717, 1.165) is 32.2 Å². The van der Waals surface area contributed by atoms with Gasteiger partial charge in [0.15, 0.2) is 0 Å². The van der Waals surface area contributed by atoms with Crippen molar-refractivity contribution in [1.29, 1.82) is 0 Å². The molecule has 19 heavy (non-hydrogen) atoms. The lowest BCUT2D eigenvalue weighted by molar-refractivity contribution is 0.00100. The van der Waals surface area contributed by atoms with E-state index < -0.39 is 5.60 Å². The molecule has 0 saturated heterocycles. The molecule has 1 saturated carbocycles. The third-order valence-electron chi connectivity index (χ3n) is 3.47. The van der Waals surface area contributed by atoms with E-state index >= 15 is 0 Å². The number of rotatable bonds is 11. The number of ether oxygens (including phenoxy) is 3. The quantitative estimate of drug-likeness (QED) is 0.550. The normalized spacial score (nSPS) is 18.6. The van der Waals surface area contributed by atoms with Gasteiger partial charge in [0.25, 0.3) is 0 Å². The van der Waals surface area contributed by atoms with Gasteiger partial charge in [-0.15, -0.1) is 0 Å². The van der Waals surface area contributed by atoms with Crippen molar-refractivity contribution >= 4 is 0 Å². The lowest BCUT2D eigenvalue weighted by atomic mass is 9.85. The van der Waals surface area contributed by atoms with Crippen LogP contribution in [0.5, 0.6) is 0 Å². The molecule has 2 N–H and O–H groups in total. The molecule has 0 atom stereocenters. The molecule has 1 aliphatic carbocycles. The zero-order valence-corrected chi connectivity index (χ0v) is 12.2. The predicted molar refractivity (Wildman–Crippen MR) is 74.4 cm³/mol. The summed E-state index contributed by atoms with van der Waals surface area (Å²) >= 11 is 0. The first-order valence-electron chi connectivity index (χ1n) is 7.34. The predicted octanol–water partition coefficient (Wildman–Crippen LogP) is 0.951. The smallest absolute Gasteiger partial charge is 0.0771 e. The minimum Gasteiger partial charge on any atom is -0.389 e. The molecule has 0 unspecified atom stereocenters. The Bertz CT molecular complexity index is 208. The Morgan fingerprint density at radius 2 is 1.58 bits per heavy atom. The van der Waals surface area contributed by atoms with E-state index in [-0.39, 0.29) is 0 Å². The van der Waals surface area contributed by atoms with Gasteiger partial charge in [-0.1, -0.05) is 19.3 Å². The maximum atomic E-state index is 10.3. The van der Waals surface area contributed by atoms with Crippen molar-refractivity contribution in [3.05, 3.63) is 0 Å². The van der Waals surface area contributed by atoms with Gasteiger partial charge in [-0.2, -0.15) is 0 Å². The van der Waals surface area contributed by atoms with Crippen molar-refractivity contribution in [2.75, 3.05) is 53.2 Å². The molecule has 114 valence electrons. The molecule has 1 fully saturated rings. The summed E-state index contributed by atoms with van der Waals surface area (Å²) in [6.07, 6.45) is 5.40. The summed E-state index contributed by atoms with van der Waals surface area (Å²) in [5, 5.41) is 13.5. The van der Waals surface area contributed by atoms with E-state index in [1.165, 1.54) is 6.42 Å². The average Bonchev–Trinajstić information content (AvgIpc) is 2.42. The van der Waals surface area contributed by atoms with Gasteiger partial charge in [0.1, 0.15) is 0 Å². The van der Waals surface area contributed by atoms with Gasteiger partial charge in [-0.25, -0.2) is 0 Å². The standard InChI is InChI=1S/C14H29NO4/c1-17-9-10-19-12-11-18-8-7-15-13-14(16)5-3-2-4-6-14/h15-16H,2-13H2,1H3. The summed E-state index contributed by atoms with van der Waals surface area (Å²) in [7, 11) is 1.66. The van der Waals surface area contributed by atoms with Crippen LogP contribution in [0.25, 0.3) is 0 Å². The van der Waals surface area contributed by atoms with Gasteiger partial charge in [0.05, 0.1) is 38.6 Å². The van der Waals surface area contributed by atoms with Crippen molar-refractivity contribution in [3.8, 4) is 0 Å². The van der Waals surface area contributed by atoms with E-state index in [2.05, 4.69) is 5.32 Å². The second kappa shape index (κ2) is 10.6. The molecule has 0 aliphatic heterocycles. The largest absolute Gasteiger partial charge is 0.389 e. The molecular weight excluding hydrogens is 246 g/mol. The molecule has 0 bridgehead atoms. The molecule has 1 aliphatic rings. The van der Waals surface area contributed by atoms with Gasteiger partial charge in [0.2, 0.25) is 0 Å². The van der Waals surface area contributed by atoms with Crippen molar-refractivity contribution in [2.45, 2.75) is 37.7 Å². The third-order valence-corrected chi connectivity index (χ3v) is 3.47. The Kier molecular flexibility index (Phi) is 9.38. The average molecular weight is 275 g/mol. The first-order chi connectivity index (χ1) is 9.27. The Morgan fingerprint density at radius 1 is 0.947 bits per heavy atom. The molecule has 0 aromatic rings. The molecule has 0 aromatic heterocycles. The van der Waals surface area contributed by atoms with Gasteiger partial charge < -0.3 is 24.6 Å². The first-order valence-corrected chi connectivity index (χ1v) is 7.34. The number of hydrogen-bond acceptors (Lipinski definition) is 5. The van der Waals surface area contributed by atoms with Crippen LogP contribution < -0.4 is 5.32 Å². The number of nitrogens with one attached hydrogen (secondary N) is 1. The van der Waals surface area contributed by atoms with Crippen LogP contribution in [0.15, 0.2) is 0 Å². The van der Waals surface area contributed by atoms with Crippen LogP contribution in [0.1, 0.15) is 32.1 Å². The van der Waals surface area contributed by atoms with E-state index in [0.29, 0.717) is 39.6 Å². The topological polar surface area (TPSA) is 60.0 Å². The fraction of sp³-hybridized carbons (Fsp3) is 1.00. The van der Waals surface area contributed by atoms with Gasteiger partial charge >= 0.3 is 0 Å². The van der Waals surface area contributed by atoms with E-state index in [9.17, 15) is 5.11 Å². The van der Waals surface area contributed by atoms with Crippen LogP contribution in [-0.4, -0.2) is 63.9 Å². The lowest BCUT2D eigenvalue weighted by Gasteiger charge is -2.32. The van der Waals surface area contributed by atoms with E-state index in [4.69, 9.17) is 14.2 Å². The monoisotopic (exact) mass is 275 g/mol. The highest BCUT2D eigenvalue weighted by Gasteiger charge is 2.28. The summed E-state index contributed by atoms with van der Waals surface area (Å²) in [5.74, 6) is 0. The summed E-state index contributed by atoms with van der Waals surface area (Å²) < 4.78 is 15.6. The van der Waals surface area contributed by atoms with Crippen molar-refractivity contribution < 1.29 is 19.3 Å². The second-order valence-corrected chi connectivity index (χ2v) is 5.18. The van der Waals surface area contributed by atoms with Gasteiger partial charge in [-0.05, 0) is 12.8 Å². The molecule has 0 spiro atoms.